The van der Waals surface area contributed by atoms with Gasteiger partial charge in [-0.1, -0.05) is 0 Å². The molecule has 0 nitrogen and oxygen atoms in total. The summed E-state index contributed by atoms with van der Waals surface area (Å²) in [6.07, 6.45) is 9.51. The van der Waals surface area contributed by atoms with Gasteiger partial charge in [0.2, 0.25) is 0 Å². The quantitative estimate of drug-likeness (QED) is 0.333. The van der Waals surface area contributed by atoms with Gasteiger partial charge in [0.05, 0.1) is 0 Å². The van der Waals surface area contributed by atoms with E-state index in [4.69, 9.17) is 0 Å². The molecule has 0 heterocycles. The molecule has 156 valence electrons. The summed E-state index contributed by atoms with van der Waals surface area (Å²) in [4.78, 5) is 0. The van der Waals surface area contributed by atoms with E-state index >= 15 is 0 Å². The number of fused-ring (bicyclic) bond motifs is 3. The molecule has 0 N–H and O–H groups in total. The molecule has 0 amide bonds. The molecule has 0 saturated heterocycles. The Morgan fingerprint density at radius 3 is 2.13 bits per heavy atom. The Morgan fingerprint density at radius 1 is 0.867 bits per heavy atom. The minimum absolute atomic E-state index is 0.200. The number of rotatable bonds is 2. The molecule has 0 spiro atoms. The summed E-state index contributed by atoms with van der Waals surface area (Å²) >= 11 is -1.91. The Kier molecular flexibility index (Phi) is 5.82. The maximum absolute atomic E-state index is 2.59. The number of benzene rings is 2. The Morgan fingerprint density at radius 2 is 1.57 bits per heavy atom. The van der Waals surface area contributed by atoms with Crippen molar-refractivity contribution >= 4 is 8.70 Å². The molecule has 0 aromatic heterocycles. The number of allylic oxidation sites excluding steroid dienone is 4. The average molecular weight is 492 g/mol. The van der Waals surface area contributed by atoms with Crippen molar-refractivity contribution in [1.82, 2.24) is 0 Å². The van der Waals surface area contributed by atoms with E-state index in [0.29, 0.717) is 0 Å². The van der Waals surface area contributed by atoms with Crippen molar-refractivity contribution in [2.45, 2.75) is 78.3 Å². The molecule has 2 aliphatic rings. The van der Waals surface area contributed by atoms with E-state index in [1.54, 1.807) is 16.7 Å². The Balaban J connectivity index is 1.97. The molecule has 2 heteroatoms. The van der Waals surface area contributed by atoms with Gasteiger partial charge >= 0.3 is 193 Å². The van der Waals surface area contributed by atoms with Crippen molar-refractivity contribution in [3.05, 3.63) is 74.1 Å². The van der Waals surface area contributed by atoms with Crippen LogP contribution in [0.2, 0.25) is 13.1 Å². The predicted molar refractivity (Wildman–Crippen MR) is 131 cm³/mol. The fourth-order valence-electron chi connectivity index (χ4n) is 5.02. The molecule has 2 aliphatic carbocycles. The van der Waals surface area contributed by atoms with Crippen LogP contribution in [0.5, 0.6) is 0 Å². The van der Waals surface area contributed by atoms with Crippen LogP contribution >= 0.6 is 0 Å². The molecule has 0 aliphatic heterocycles. The first-order valence-corrected chi connectivity index (χ1v) is 20.0. The fraction of sp³-hybridized carbons (Fsp3) is 0.429. The van der Waals surface area contributed by atoms with Crippen molar-refractivity contribution in [3.63, 3.8) is 0 Å². The van der Waals surface area contributed by atoms with Crippen LogP contribution in [0, 0.1) is 0 Å². The van der Waals surface area contributed by atoms with Crippen LogP contribution < -0.4 is 3.27 Å². The first-order chi connectivity index (χ1) is 14.0. The van der Waals surface area contributed by atoms with Crippen LogP contribution in [-0.4, -0.2) is 5.43 Å². The van der Waals surface area contributed by atoms with Gasteiger partial charge in [-0.15, -0.1) is 0 Å². The second-order valence-corrected chi connectivity index (χ2v) is 28.2. The molecule has 30 heavy (non-hydrogen) atoms. The monoisotopic (exact) mass is 490 g/mol. The van der Waals surface area contributed by atoms with Gasteiger partial charge in [0.1, 0.15) is 0 Å². The van der Waals surface area contributed by atoms with Crippen LogP contribution in [0.1, 0.15) is 70.2 Å². The van der Waals surface area contributed by atoms with Crippen LogP contribution in [0.4, 0.5) is 0 Å². The third-order valence-electron chi connectivity index (χ3n) is 6.59. The Labute approximate surface area is 191 Å². The van der Waals surface area contributed by atoms with E-state index in [2.05, 4.69) is 103 Å². The molecular formula is C28H36SiZr. The summed E-state index contributed by atoms with van der Waals surface area (Å²) < 4.78 is 3.67. The minimum atomic E-state index is -1.91. The summed E-state index contributed by atoms with van der Waals surface area (Å²) in [5.41, 5.74) is 9.42. The van der Waals surface area contributed by atoms with Crippen LogP contribution in [0.15, 0.2) is 51.8 Å². The standard InChI is InChI=1S/C21H25.C5H5.C2H6Si.Zr/c1-20(2,3)16-7-9-18-14(12-16)11-15-13-17(21(4,5)6)8-10-19(15)18;1-2-4-5-3-1;1-3-2;/h7-10,12H,11H2,1-6H3;1-3H,4H2;1-2H3;. The van der Waals surface area contributed by atoms with Crippen LogP contribution in [-0.2, 0) is 37.6 Å². The van der Waals surface area contributed by atoms with Crippen molar-refractivity contribution in [1.29, 1.82) is 0 Å². The zero-order valence-corrected chi connectivity index (χ0v) is 23.5. The zero-order chi connectivity index (χ0) is 21.8. The summed E-state index contributed by atoms with van der Waals surface area (Å²) in [6, 6.07) is 12.2. The van der Waals surface area contributed by atoms with Crippen molar-refractivity contribution in [2.75, 3.05) is 0 Å². The van der Waals surface area contributed by atoms with E-state index in [1.807, 2.05) is 6.55 Å². The summed E-state index contributed by atoms with van der Waals surface area (Å²) in [6.45, 7) is 19.4. The molecule has 0 unspecified atom stereocenters. The summed E-state index contributed by atoms with van der Waals surface area (Å²) in [7, 11) is 0. The molecule has 2 aromatic rings. The molecule has 4 rings (SSSR count). The van der Waals surface area contributed by atoms with Gasteiger partial charge < -0.3 is 0 Å². The topological polar surface area (TPSA) is 0 Å². The average Bonchev–Trinajstić information content (AvgIpc) is 3.27. The van der Waals surface area contributed by atoms with Gasteiger partial charge in [0.25, 0.3) is 0 Å². The number of hydrogen-bond acceptors (Lipinski definition) is 0. The Hall–Kier alpha value is -0.980. The fourth-order valence-corrected chi connectivity index (χ4v) is 22.7. The van der Waals surface area contributed by atoms with Gasteiger partial charge in [-0.3, -0.25) is 0 Å². The second-order valence-electron chi connectivity index (χ2n) is 11.3. The van der Waals surface area contributed by atoms with Gasteiger partial charge in [0, 0.05) is 0 Å². The van der Waals surface area contributed by atoms with Gasteiger partial charge in [-0.05, 0) is 0 Å². The van der Waals surface area contributed by atoms with Gasteiger partial charge in [-0.25, -0.2) is 0 Å². The van der Waals surface area contributed by atoms with E-state index < -0.39 is 20.4 Å². The Bertz CT molecular complexity index is 1110. The first kappa shape index (κ1) is 22.2. The molecule has 0 atom stereocenters. The molecule has 0 bridgehead atoms. The normalized spacial score (nSPS) is 15.1. The summed E-state index contributed by atoms with van der Waals surface area (Å²) in [5.74, 6) is 0. The molecular weight excluding hydrogens is 456 g/mol. The van der Waals surface area contributed by atoms with E-state index in [0.717, 1.165) is 6.42 Å². The third kappa shape index (κ3) is 3.95. The predicted octanol–water partition coefficient (Wildman–Crippen LogP) is 7.19. The second kappa shape index (κ2) is 7.86. The van der Waals surface area contributed by atoms with Crippen molar-refractivity contribution in [2.24, 2.45) is 0 Å². The first-order valence-electron chi connectivity index (χ1n) is 11.3. The van der Waals surface area contributed by atoms with E-state index in [-0.39, 0.29) is 16.3 Å². The summed E-state index contributed by atoms with van der Waals surface area (Å²) in [5, 5.41) is 0. The maximum atomic E-state index is 2.59. The third-order valence-corrected chi connectivity index (χ3v) is 23.5. The molecule has 2 aromatic carbocycles. The SMILES string of the molecule is C[Si](C)=[Zr]([C]1=CC=CC1)[c]1c(C(C)(C)C)ccc2c1Cc1cc(C(C)(C)C)ccc1-2. The molecule has 0 radical (unpaired) electrons. The van der Waals surface area contributed by atoms with Gasteiger partial charge in [-0.2, -0.15) is 0 Å². The van der Waals surface area contributed by atoms with E-state index in [9.17, 15) is 0 Å². The molecule has 0 fully saturated rings. The van der Waals surface area contributed by atoms with Crippen LogP contribution in [0.3, 0.4) is 0 Å². The van der Waals surface area contributed by atoms with E-state index in [1.165, 1.54) is 23.1 Å². The van der Waals surface area contributed by atoms with Crippen LogP contribution in [0.25, 0.3) is 11.1 Å². The van der Waals surface area contributed by atoms with Crippen molar-refractivity contribution in [3.8, 4) is 11.1 Å². The zero-order valence-electron chi connectivity index (χ0n) is 20.0. The molecule has 0 saturated carbocycles. The number of hydrogen-bond donors (Lipinski definition) is 0. The van der Waals surface area contributed by atoms with Crippen molar-refractivity contribution < 1.29 is 20.4 Å². The van der Waals surface area contributed by atoms with Gasteiger partial charge in [0.15, 0.2) is 0 Å².